The van der Waals surface area contributed by atoms with Crippen LogP contribution in [0, 0.1) is 12.8 Å². The number of ether oxygens (including phenoxy) is 1. The summed E-state index contributed by atoms with van der Waals surface area (Å²) in [5.74, 6) is 0.238. The zero-order chi connectivity index (χ0) is 13.5. The lowest BCUT2D eigenvalue weighted by molar-refractivity contribution is -0.143. The number of hydrogen-bond acceptors (Lipinski definition) is 4. The molecule has 1 unspecified atom stereocenters. The van der Waals surface area contributed by atoms with E-state index in [2.05, 4.69) is 24.1 Å². The number of aryl methyl sites for hydroxylation is 1. The molecule has 18 heavy (non-hydrogen) atoms. The minimum atomic E-state index is -0.253. The van der Waals surface area contributed by atoms with E-state index >= 15 is 0 Å². The second-order valence-corrected chi connectivity index (χ2v) is 4.89. The molecule has 4 heteroatoms. The van der Waals surface area contributed by atoms with Gasteiger partial charge in [-0.15, -0.1) is 0 Å². The molecule has 100 valence electrons. The van der Waals surface area contributed by atoms with Crippen LogP contribution in [0.4, 0.5) is 0 Å². The van der Waals surface area contributed by atoms with E-state index in [0.29, 0.717) is 12.5 Å². The molecular formula is C14H22N2O2. The monoisotopic (exact) mass is 250 g/mol. The minimum absolute atomic E-state index is 0.205. The topological polar surface area (TPSA) is 51.2 Å². The SMILES string of the molecule is COC(=O)C(CC(C)C)NCc1ccc(C)nc1. The molecule has 0 aliphatic rings. The molecule has 1 rings (SSSR count). The van der Waals surface area contributed by atoms with Crippen molar-refractivity contribution in [1.29, 1.82) is 0 Å². The van der Waals surface area contributed by atoms with Crippen LogP contribution in [0.5, 0.6) is 0 Å². The highest BCUT2D eigenvalue weighted by Crippen LogP contribution is 2.07. The molecule has 4 nitrogen and oxygen atoms in total. The number of esters is 1. The quantitative estimate of drug-likeness (QED) is 0.785. The van der Waals surface area contributed by atoms with Crippen molar-refractivity contribution in [2.24, 2.45) is 5.92 Å². The lowest BCUT2D eigenvalue weighted by Crippen LogP contribution is -2.38. The first-order valence-corrected chi connectivity index (χ1v) is 6.25. The Morgan fingerprint density at radius 3 is 2.67 bits per heavy atom. The van der Waals surface area contributed by atoms with Gasteiger partial charge in [-0.1, -0.05) is 19.9 Å². The van der Waals surface area contributed by atoms with Crippen molar-refractivity contribution in [3.8, 4) is 0 Å². The van der Waals surface area contributed by atoms with E-state index in [1.807, 2.05) is 25.3 Å². The van der Waals surface area contributed by atoms with Gasteiger partial charge in [0.25, 0.3) is 0 Å². The van der Waals surface area contributed by atoms with Gasteiger partial charge in [0, 0.05) is 18.4 Å². The van der Waals surface area contributed by atoms with Crippen LogP contribution in [0.15, 0.2) is 18.3 Å². The lowest BCUT2D eigenvalue weighted by Gasteiger charge is -2.18. The average Bonchev–Trinajstić information content (AvgIpc) is 2.35. The summed E-state index contributed by atoms with van der Waals surface area (Å²) in [6, 6.07) is 3.72. The second kappa shape index (κ2) is 7.11. The molecule has 1 heterocycles. The van der Waals surface area contributed by atoms with Gasteiger partial charge in [-0.05, 0) is 30.9 Å². The Morgan fingerprint density at radius 1 is 1.44 bits per heavy atom. The Labute approximate surface area is 109 Å². The largest absolute Gasteiger partial charge is 0.468 e. The van der Waals surface area contributed by atoms with E-state index in [-0.39, 0.29) is 12.0 Å². The molecule has 0 fully saturated rings. The summed E-state index contributed by atoms with van der Waals surface area (Å²) in [5.41, 5.74) is 2.06. The van der Waals surface area contributed by atoms with E-state index in [9.17, 15) is 4.79 Å². The molecule has 1 atom stereocenters. The van der Waals surface area contributed by atoms with Crippen LogP contribution >= 0.6 is 0 Å². The van der Waals surface area contributed by atoms with Crippen molar-refractivity contribution in [3.05, 3.63) is 29.6 Å². The molecule has 0 aliphatic carbocycles. The third-order valence-electron chi connectivity index (χ3n) is 2.72. The molecule has 0 amide bonds. The predicted molar refractivity (Wildman–Crippen MR) is 71.1 cm³/mol. The fourth-order valence-corrected chi connectivity index (χ4v) is 1.72. The minimum Gasteiger partial charge on any atom is -0.468 e. The molecule has 1 N–H and O–H groups in total. The molecule has 1 aromatic heterocycles. The Kier molecular flexibility index (Phi) is 5.78. The van der Waals surface area contributed by atoms with Crippen molar-refractivity contribution in [2.45, 2.75) is 39.8 Å². The van der Waals surface area contributed by atoms with E-state index in [0.717, 1.165) is 17.7 Å². The molecule has 0 aromatic carbocycles. The van der Waals surface area contributed by atoms with Gasteiger partial charge < -0.3 is 10.1 Å². The first-order valence-electron chi connectivity index (χ1n) is 6.25. The summed E-state index contributed by atoms with van der Waals surface area (Å²) in [5, 5.41) is 3.22. The van der Waals surface area contributed by atoms with Crippen molar-refractivity contribution in [3.63, 3.8) is 0 Å². The first-order chi connectivity index (χ1) is 8.52. The lowest BCUT2D eigenvalue weighted by atomic mass is 10.0. The zero-order valence-electron chi connectivity index (χ0n) is 11.6. The molecule has 0 bridgehead atoms. The number of nitrogens with zero attached hydrogens (tertiary/aromatic N) is 1. The number of methoxy groups -OCH3 is 1. The van der Waals surface area contributed by atoms with Crippen LogP contribution in [0.3, 0.4) is 0 Å². The van der Waals surface area contributed by atoms with Gasteiger partial charge in [0.15, 0.2) is 0 Å². The van der Waals surface area contributed by atoms with Gasteiger partial charge >= 0.3 is 5.97 Å². The predicted octanol–water partition coefficient (Wildman–Crippen LogP) is 2.07. The zero-order valence-corrected chi connectivity index (χ0v) is 11.6. The van der Waals surface area contributed by atoms with Gasteiger partial charge in [-0.25, -0.2) is 0 Å². The fraction of sp³-hybridized carbons (Fsp3) is 0.571. The normalized spacial score (nSPS) is 12.5. The molecule has 1 aromatic rings. The summed E-state index contributed by atoms with van der Waals surface area (Å²) in [6.07, 6.45) is 2.60. The number of carbonyl (C=O) groups excluding carboxylic acids is 1. The first kappa shape index (κ1) is 14.6. The summed E-state index contributed by atoms with van der Waals surface area (Å²) >= 11 is 0. The van der Waals surface area contributed by atoms with Gasteiger partial charge in [0.1, 0.15) is 6.04 Å². The Morgan fingerprint density at radius 2 is 2.17 bits per heavy atom. The number of pyridine rings is 1. The summed E-state index contributed by atoms with van der Waals surface area (Å²) < 4.78 is 4.80. The number of nitrogens with one attached hydrogen (secondary N) is 1. The van der Waals surface area contributed by atoms with E-state index < -0.39 is 0 Å². The molecular weight excluding hydrogens is 228 g/mol. The van der Waals surface area contributed by atoms with Crippen LogP contribution in [-0.2, 0) is 16.1 Å². The van der Waals surface area contributed by atoms with Gasteiger partial charge in [-0.2, -0.15) is 0 Å². The maximum Gasteiger partial charge on any atom is 0.322 e. The smallest absolute Gasteiger partial charge is 0.322 e. The number of rotatable bonds is 6. The van der Waals surface area contributed by atoms with E-state index in [4.69, 9.17) is 4.74 Å². The van der Waals surface area contributed by atoms with E-state index in [1.54, 1.807) is 0 Å². The van der Waals surface area contributed by atoms with Crippen molar-refractivity contribution in [2.75, 3.05) is 7.11 Å². The second-order valence-electron chi connectivity index (χ2n) is 4.89. The van der Waals surface area contributed by atoms with Crippen LogP contribution in [0.1, 0.15) is 31.5 Å². The highest BCUT2D eigenvalue weighted by Gasteiger charge is 2.19. The number of hydrogen-bond donors (Lipinski definition) is 1. The van der Waals surface area contributed by atoms with Crippen molar-refractivity contribution >= 4 is 5.97 Å². The maximum absolute atomic E-state index is 11.6. The molecule has 0 spiro atoms. The van der Waals surface area contributed by atoms with Gasteiger partial charge in [0.2, 0.25) is 0 Å². The van der Waals surface area contributed by atoms with Crippen molar-refractivity contribution in [1.82, 2.24) is 10.3 Å². The standard InChI is InChI=1S/C14H22N2O2/c1-10(2)7-13(14(17)18-4)16-9-12-6-5-11(3)15-8-12/h5-6,8,10,13,16H,7,9H2,1-4H3. The van der Waals surface area contributed by atoms with Gasteiger partial charge in [-0.3, -0.25) is 9.78 Å². The molecule has 0 radical (unpaired) electrons. The highest BCUT2D eigenvalue weighted by atomic mass is 16.5. The van der Waals surface area contributed by atoms with Gasteiger partial charge in [0.05, 0.1) is 7.11 Å². The molecule has 0 saturated carbocycles. The fourth-order valence-electron chi connectivity index (χ4n) is 1.72. The molecule has 0 saturated heterocycles. The summed E-state index contributed by atoms with van der Waals surface area (Å²) in [4.78, 5) is 15.8. The third-order valence-corrected chi connectivity index (χ3v) is 2.72. The van der Waals surface area contributed by atoms with Crippen LogP contribution in [0.25, 0.3) is 0 Å². The number of carbonyl (C=O) groups is 1. The van der Waals surface area contributed by atoms with Crippen LogP contribution in [0.2, 0.25) is 0 Å². The third kappa shape index (κ3) is 4.84. The highest BCUT2D eigenvalue weighted by molar-refractivity contribution is 5.75. The Hall–Kier alpha value is -1.42. The Balaban J connectivity index is 2.55. The maximum atomic E-state index is 11.6. The van der Waals surface area contributed by atoms with Crippen LogP contribution in [-0.4, -0.2) is 24.1 Å². The Bertz CT molecular complexity index is 374. The van der Waals surface area contributed by atoms with Crippen molar-refractivity contribution < 1.29 is 9.53 Å². The molecule has 0 aliphatic heterocycles. The van der Waals surface area contributed by atoms with Crippen LogP contribution < -0.4 is 5.32 Å². The van der Waals surface area contributed by atoms with E-state index in [1.165, 1.54) is 7.11 Å². The number of aromatic nitrogens is 1. The summed E-state index contributed by atoms with van der Waals surface area (Å²) in [6.45, 7) is 6.75. The summed E-state index contributed by atoms with van der Waals surface area (Å²) in [7, 11) is 1.42. The average molecular weight is 250 g/mol.